The van der Waals surface area contributed by atoms with Crippen LogP contribution in [0.4, 0.5) is 5.95 Å². The lowest BCUT2D eigenvalue weighted by molar-refractivity contribution is 0.390. The van der Waals surface area contributed by atoms with Crippen molar-refractivity contribution in [2.75, 3.05) is 45.2 Å². The fourth-order valence-corrected chi connectivity index (χ4v) is 4.70. The van der Waals surface area contributed by atoms with Gasteiger partial charge in [-0.15, -0.1) is 0 Å². The molecule has 0 N–H and O–H groups in total. The Morgan fingerprint density at radius 3 is 2.52 bits per heavy atom. The Hall–Kier alpha value is -2.55. The Kier molecular flexibility index (Phi) is 5.49. The maximum Gasteiger partial charge on any atom is 0.281 e. The number of anilines is 1. The summed E-state index contributed by atoms with van der Waals surface area (Å²) in [5, 5.41) is 2.37. The van der Waals surface area contributed by atoms with Crippen LogP contribution < -0.4 is 4.90 Å². The minimum Gasteiger partial charge on any atom is -0.339 e. The second kappa shape index (κ2) is 8.06. The summed E-state index contributed by atoms with van der Waals surface area (Å²) >= 11 is 0. The van der Waals surface area contributed by atoms with Crippen molar-refractivity contribution < 1.29 is 8.42 Å². The van der Waals surface area contributed by atoms with Gasteiger partial charge in [-0.05, 0) is 29.3 Å². The number of rotatable bonds is 4. The zero-order chi connectivity index (χ0) is 20.4. The van der Waals surface area contributed by atoms with Gasteiger partial charge in [-0.2, -0.15) is 17.0 Å². The van der Waals surface area contributed by atoms with Crippen LogP contribution in [0.25, 0.3) is 22.0 Å². The van der Waals surface area contributed by atoms with Gasteiger partial charge in [0.2, 0.25) is 5.95 Å². The van der Waals surface area contributed by atoms with E-state index in [-0.39, 0.29) is 0 Å². The van der Waals surface area contributed by atoms with Crippen molar-refractivity contribution in [1.29, 1.82) is 0 Å². The van der Waals surface area contributed by atoms with E-state index < -0.39 is 10.2 Å². The van der Waals surface area contributed by atoms with Gasteiger partial charge in [-0.25, -0.2) is 9.97 Å². The molecule has 1 fully saturated rings. The van der Waals surface area contributed by atoms with Crippen molar-refractivity contribution in [2.24, 2.45) is 0 Å². The summed E-state index contributed by atoms with van der Waals surface area (Å²) in [5.74, 6) is 0.639. The Labute approximate surface area is 171 Å². The number of hydrogen-bond donors (Lipinski definition) is 0. The van der Waals surface area contributed by atoms with Crippen LogP contribution in [0.3, 0.4) is 0 Å². The van der Waals surface area contributed by atoms with E-state index in [1.807, 2.05) is 18.2 Å². The van der Waals surface area contributed by atoms with Gasteiger partial charge in [0.1, 0.15) is 0 Å². The molecule has 4 rings (SSSR count). The predicted molar refractivity (Wildman–Crippen MR) is 116 cm³/mol. The van der Waals surface area contributed by atoms with Crippen LogP contribution in [0.15, 0.2) is 54.7 Å². The van der Waals surface area contributed by atoms with Gasteiger partial charge in [0.05, 0.1) is 5.69 Å². The van der Waals surface area contributed by atoms with Gasteiger partial charge in [-0.1, -0.05) is 36.4 Å². The normalized spacial score (nSPS) is 16.3. The molecule has 1 aliphatic heterocycles. The molecule has 0 aliphatic carbocycles. The number of fused-ring (bicyclic) bond motifs is 1. The summed E-state index contributed by atoms with van der Waals surface area (Å²) in [6.07, 6.45) is 2.50. The fourth-order valence-electron chi connectivity index (χ4n) is 3.57. The van der Waals surface area contributed by atoms with Gasteiger partial charge >= 0.3 is 0 Å². The molecule has 7 nitrogen and oxygen atoms in total. The summed E-state index contributed by atoms with van der Waals surface area (Å²) in [5.41, 5.74) is 1.90. The van der Waals surface area contributed by atoms with E-state index in [9.17, 15) is 8.42 Å². The number of benzene rings is 2. The zero-order valence-corrected chi connectivity index (χ0v) is 17.5. The molecular formula is C21H25N5O2S. The van der Waals surface area contributed by atoms with Crippen LogP contribution in [0.1, 0.15) is 6.42 Å². The molecule has 0 saturated carbocycles. The van der Waals surface area contributed by atoms with Crippen LogP contribution in [0.5, 0.6) is 0 Å². The van der Waals surface area contributed by atoms with E-state index in [0.717, 1.165) is 24.2 Å². The molecule has 0 radical (unpaired) electrons. The molecule has 0 atom stereocenters. The first kappa shape index (κ1) is 19.8. The van der Waals surface area contributed by atoms with Crippen LogP contribution >= 0.6 is 0 Å². The molecule has 1 aromatic heterocycles. The van der Waals surface area contributed by atoms with Crippen molar-refractivity contribution in [3.05, 3.63) is 54.7 Å². The molecule has 1 aliphatic rings. The van der Waals surface area contributed by atoms with Crippen molar-refractivity contribution in [1.82, 2.24) is 18.6 Å². The molecule has 152 valence electrons. The summed E-state index contributed by atoms with van der Waals surface area (Å²) < 4.78 is 27.7. The Bertz CT molecular complexity index is 1120. The van der Waals surface area contributed by atoms with E-state index in [2.05, 4.69) is 40.2 Å². The van der Waals surface area contributed by atoms with Crippen LogP contribution in [-0.4, -0.2) is 67.3 Å². The van der Waals surface area contributed by atoms with Gasteiger partial charge in [-0.3, -0.25) is 0 Å². The maximum absolute atomic E-state index is 12.4. The van der Waals surface area contributed by atoms with E-state index in [1.54, 1.807) is 20.3 Å². The fraction of sp³-hybridized carbons (Fsp3) is 0.333. The predicted octanol–water partition coefficient (Wildman–Crippen LogP) is 2.62. The molecule has 8 heteroatoms. The van der Waals surface area contributed by atoms with E-state index >= 15 is 0 Å². The highest BCUT2D eigenvalue weighted by Crippen LogP contribution is 2.24. The van der Waals surface area contributed by atoms with E-state index in [1.165, 1.54) is 19.4 Å². The largest absolute Gasteiger partial charge is 0.339 e. The molecular weight excluding hydrogens is 386 g/mol. The minimum atomic E-state index is -3.40. The van der Waals surface area contributed by atoms with Gasteiger partial charge in [0.15, 0.2) is 0 Å². The average molecular weight is 412 g/mol. The smallest absolute Gasteiger partial charge is 0.281 e. The number of hydrogen-bond acceptors (Lipinski definition) is 5. The van der Waals surface area contributed by atoms with Crippen LogP contribution in [0, 0.1) is 0 Å². The lowest BCUT2D eigenvalue weighted by atomic mass is 10.1. The molecule has 3 aromatic rings. The Morgan fingerprint density at radius 1 is 0.931 bits per heavy atom. The molecule has 0 bridgehead atoms. The Balaban J connectivity index is 1.57. The summed E-state index contributed by atoms with van der Waals surface area (Å²) in [4.78, 5) is 11.3. The summed E-state index contributed by atoms with van der Waals surface area (Å²) in [7, 11) is -0.274. The number of aromatic nitrogens is 2. The maximum atomic E-state index is 12.4. The second-order valence-corrected chi connectivity index (χ2v) is 9.48. The van der Waals surface area contributed by atoms with Crippen molar-refractivity contribution in [3.63, 3.8) is 0 Å². The van der Waals surface area contributed by atoms with Crippen LogP contribution in [-0.2, 0) is 10.2 Å². The lowest BCUT2D eigenvalue weighted by Crippen LogP contribution is -2.42. The average Bonchev–Trinajstić information content (AvgIpc) is 3.00. The van der Waals surface area contributed by atoms with E-state index in [4.69, 9.17) is 4.98 Å². The first-order chi connectivity index (χ1) is 13.9. The Morgan fingerprint density at radius 2 is 1.72 bits per heavy atom. The van der Waals surface area contributed by atoms with Gasteiger partial charge in [0.25, 0.3) is 10.2 Å². The highest BCUT2D eigenvalue weighted by molar-refractivity contribution is 7.86. The third-order valence-corrected chi connectivity index (χ3v) is 7.15. The minimum absolute atomic E-state index is 0.421. The SMILES string of the molecule is CN(C)S(=O)(=O)N1CCCN(c2nccc(-c3ccc4ccccc4c3)n2)CC1. The molecule has 1 saturated heterocycles. The molecule has 2 aromatic carbocycles. The first-order valence-corrected chi connectivity index (χ1v) is 11.1. The van der Waals surface area contributed by atoms with Gasteiger partial charge in [0, 0.05) is 52.0 Å². The van der Waals surface area contributed by atoms with Crippen molar-refractivity contribution >= 4 is 26.9 Å². The summed E-state index contributed by atoms with van der Waals surface area (Å²) in [6, 6.07) is 16.5. The molecule has 29 heavy (non-hydrogen) atoms. The first-order valence-electron chi connectivity index (χ1n) is 9.70. The van der Waals surface area contributed by atoms with E-state index in [0.29, 0.717) is 25.6 Å². The number of nitrogens with zero attached hydrogens (tertiary/aromatic N) is 5. The highest BCUT2D eigenvalue weighted by Gasteiger charge is 2.27. The van der Waals surface area contributed by atoms with Crippen LogP contribution in [0.2, 0.25) is 0 Å². The summed E-state index contributed by atoms with van der Waals surface area (Å²) in [6.45, 7) is 2.21. The van der Waals surface area contributed by atoms with Gasteiger partial charge < -0.3 is 4.90 Å². The topological polar surface area (TPSA) is 69.6 Å². The second-order valence-electron chi connectivity index (χ2n) is 7.33. The standard InChI is InChI=1S/C21H25N5O2S/c1-24(2)29(27,28)26-13-5-12-25(14-15-26)21-22-11-10-20(23-21)19-9-8-17-6-3-4-7-18(17)16-19/h3-4,6-11,16H,5,12-15H2,1-2H3. The quantitative estimate of drug-likeness (QED) is 0.660. The van der Waals surface area contributed by atoms with Crippen molar-refractivity contribution in [2.45, 2.75) is 6.42 Å². The van der Waals surface area contributed by atoms with Crippen molar-refractivity contribution in [3.8, 4) is 11.3 Å². The lowest BCUT2D eigenvalue weighted by Gasteiger charge is -2.24. The monoisotopic (exact) mass is 411 g/mol. The molecule has 2 heterocycles. The highest BCUT2D eigenvalue weighted by atomic mass is 32.2. The molecule has 0 amide bonds. The third-order valence-electron chi connectivity index (χ3n) is 5.21. The molecule has 0 unspecified atom stereocenters. The zero-order valence-electron chi connectivity index (χ0n) is 16.7. The third kappa shape index (κ3) is 4.10. The molecule has 0 spiro atoms.